The predicted molar refractivity (Wildman–Crippen MR) is 49.2 cm³/mol. The van der Waals surface area contributed by atoms with Crippen LogP contribution in [0.3, 0.4) is 0 Å². The van der Waals surface area contributed by atoms with Crippen molar-refractivity contribution in [2.24, 2.45) is 0 Å². The smallest absolute Gasteiger partial charge is 0.309 e. The number of carboxylic acids is 1. The largest absolute Gasteiger partial charge is 0.481 e. The molecule has 0 bridgehead atoms. The van der Waals surface area contributed by atoms with E-state index in [1.54, 1.807) is 0 Å². The SMILES string of the molecule is O=C(O)CC(F)(F)c1cccc([N+](=O)[O-])c1F. The second-order valence-corrected chi connectivity index (χ2v) is 3.17. The number of nitrogens with zero attached hydrogens (tertiary/aromatic N) is 1. The van der Waals surface area contributed by atoms with Crippen LogP contribution >= 0.6 is 0 Å². The number of hydrogen-bond acceptors (Lipinski definition) is 3. The zero-order chi connectivity index (χ0) is 13.2. The van der Waals surface area contributed by atoms with E-state index < -0.39 is 40.3 Å². The van der Waals surface area contributed by atoms with Crippen molar-refractivity contribution in [3.8, 4) is 0 Å². The van der Waals surface area contributed by atoms with Gasteiger partial charge in [-0.05, 0) is 6.07 Å². The Morgan fingerprint density at radius 3 is 2.53 bits per heavy atom. The van der Waals surface area contributed by atoms with Gasteiger partial charge >= 0.3 is 11.7 Å². The normalized spacial score (nSPS) is 11.2. The first kappa shape index (κ1) is 12.9. The zero-order valence-electron chi connectivity index (χ0n) is 8.19. The number of alkyl halides is 2. The minimum absolute atomic E-state index is 0.616. The van der Waals surface area contributed by atoms with Crippen LogP contribution in [0.15, 0.2) is 18.2 Å². The van der Waals surface area contributed by atoms with Gasteiger partial charge in [-0.3, -0.25) is 14.9 Å². The van der Waals surface area contributed by atoms with Gasteiger partial charge in [0.15, 0.2) is 0 Å². The molecule has 17 heavy (non-hydrogen) atoms. The van der Waals surface area contributed by atoms with E-state index in [0.29, 0.717) is 6.07 Å². The van der Waals surface area contributed by atoms with Gasteiger partial charge in [0.2, 0.25) is 5.82 Å². The summed E-state index contributed by atoms with van der Waals surface area (Å²) in [5.41, 5.74) is -2.42. The highest BCUT2D eigenvalue weighted by Crippen LogP contribution is 2.36. The van der Waals surface area contributed by atoms with E-state index in [4.69, 9.17) is 5.11 Å². The molecule has 0 spiro atoms. The summed E-state index contributed by atoms with van der Waals surface area (Å²) in [5, 5.41) is 18.6. The Hall–Kier alpha value is -2.12. The molecule has 1 aromatic rings. The van der Waals surface area contributed by atoms with E-state index in [0.717, 1.165) is 12.1 Å². The first-order valence-corrected chi connectivity index (χ1v) is 4.28. The number of carboxylic acid groups (broad SMARTS) is 1. The lowest BCUT2D eigenvalue weighted by molar-refractivity contribution is -0.387. The number of halogens is 3. The van der Waals surface area contributed by atoms with Gasteiger partial charge in [0, 0.05) is 6.07 Å². The molecule has 1 rings (SSSR count). The quantitative estimate of drug-likeness (QED) is 0.655. The first-order chi connectivity index (χ1) is 7.75. The number of carbonyl (C=O) groups is 1. The molecule has 0 aromatic heterocycles. The maximum Gasteiger partial charge on any atom is 0.309 e. The van der Waals surface area contributed by atoms with Crippen LogP contribution < -0.4 is 0 Å². The van der Waals surface area contributed by atoms with Crippen molar-refractivity contribution >= 4 is 11.7 Å². The van der Waals surface area contributed by atoms with Crippen molar-refractivity contribution in [3.05, 3.63) is 39.7 Å². The molecule has 0 aliphatic carbocycles. The topological polar surface area (TPSA) is 80.4 Å². The molecule has 1 aromatic carbocycles. The van der Waals surface area contributed by atoms with Crippen LogP contribution in [0.2, 0.25) is 0 Å². The van der Waals surface area contributed by atoms with Crippen LogP contribution in [-0.2, 0) is 10.7 Å². The standard InChI is InChI=1S/C9H6F3NO4/c10-8-5(9(11,12)4-7(14)15)2-1-3-6(8)13(16)17/h1-3H,4H2,(H,14,15). The predicted octanol–water partition coefficient (Wildman–Crippen LogP) is 2.30. The number of hydrogen-bond donors (Lipinski definition) is 1. The maximum absolute atomic E-state index is 13.4. The van der Waals surface area contributed by atoms with Gasteiger partial charge < -0.3 is 5.11 Å². The van der Waals surface area contributed by atoms with E-state index in [1.165, 1.54) is 0 Å². The van der Waals surface area contributed by atoms with Crippen molar-refractivity contribution in [3.63, 3.8) is 0 Å². The molecule has 0 fully saturated rings. The summed E-state index contributed by atoms with van der Waals surface area (Å²) < 4.78 is 39.9. The molecule has 8 heteroatoms. The Bertz CT molecular complexity index is 475. The highest BCUT2D eigenvalue weighted by atomic mass is 19.3. The van der Waals surface area contributed by atoms with E-state index in [2.05, 4.69) is 0 Å². The molecule has 0 radical (unpaired) electrons. The van der Waals surface area contributed by atoms with Crippen LogP contribution in [0, 0.1) is 15.9 Å². The fourth-order valence-electron chi connectivity index (χ4n) is 1.23. The third-order valence-electron chi connectivity index (χ3n) is 1.94. The second kappa shape index (κ2) is 4.40. The number of nitro benzene ring substituents is 1. The van der Waals surface area contributed by atoms with Crippen molar-refractivity contribution in [1.82, 2.24) is 0 Å². The fourth-order valence-corrected chi connectivity index (χ4v) is 1.23. The van der Waals surface area contributed by atoms with Gasteiger partial charge in [-0.25, -0.2) is 8.78 Å². The number of benzene rings is 1. The van der Waals surface area contributed by atoms with Gasteiger partial charge in [-0.1, -0.05) is 6.07 Å². The van der Waals surface area contributed by atoms with Gasteiger partial charge in [-0.2, -0.15) is 4.39 Å². The van der Waals surface area contributed by atoms with Crippen LogP contribution in [0.5, 0.6) is 0 Å². The van der Waals surface area contributed by atoms with Gasteiger partial charge in [-0.15, -0.1) is 0 Å². The van der Waals surface area contributed by atoms with Crippen LogP contribution in [0.25, 0.3) is 0 Å². The van der Waals surface area contributed by atoms with Crippen LogP contribution in [0.4, 0.5) is 18.9 Å². The van der Waals surface area contributed by atoms with Crippen LogP contribution in [-0.4, -0.2) is 16.0 Å². The summed E-state index contributed by atoms with van der Waals surface area (Å²) in [6.07, 6.45) is -1.63. The fraction of sp³-hybridized carbons (Fsp3) is 0.222. The number of rotatable bonds is 4. The molecule has 0 saturated heterocycles. The summed E-state index contributed by atoms with van der Waals surface area (Å²) >= 11 is 0. The Kier molecular flexibility index (Phi) is 3.35. The number of nitro groups is 1. The van der Waals surface area contributed by atoms with E-state index in [-0.39, 0.29) is 0 Å². The van der Waals surface area contributed by atoms with E-state index in [1.807, 2.05) is 0 Å². The molecular weight excluding hydrogens is 243 g/mol. The van der Waals surface area contributed by atoms with E-state index >= 15 is 0 Å². The maximum atomic E-state index is 13.4. The minimum atomic E-state index is -4.00. The van der Waals surface area contributed by atoms with Crippen molar-refractivity contribution in [1.29, 1.82) is 0 Å². The molecular formula is C9H6F3NO4. The summed E-state index contributed by atoms with van der Waals surface area (Å²) in [5.74, 6) is -7.55. The van der Waals surface area contributed by atoms with Crippen molar-refractivity contribution < 1.29 is 28.0 Å². The average Bonchev–Trinajstić information content (AvgIpc) is 2.14. The summed E-state index contributed by atoms with van der Waals surface area (Å²) in [6, 6.07) is 2.20. The summed E-state index contributed by atoms with van der Waals surface area (Å²) in [7, 11) is 0. The Balaban J connectivity index is 3.27. The van der Waals surface area contributed by atoms with Crippen LogP contribution in [0.1, 0.15) is 12.0 Å². The average molecular weight is 249 g/mol. The zero-order valence-corrected chi connectivity index (χ0v) is 8.19. The minimum Gasteiger partial charge on any atom is -0.481 e. The monoisotopic (exact) mass is 249 g/mol. The molecule has 0 unspecified atom stereocenters. The highest BCUT2D eigenvalue weighted by Gasteiger charge is 2.39. The Labute approximate surface area is 92.6 Å². The van der Waals surface area contributed by atoms with Crippen molar-refractivity contribution in [2.75, 3.05) is 0 Å². The molecule has 0 aliphatic heterocycles. The Morgan fingerprint density at radius 2 is 2.06 bits per heavy atom. The molecule has 5 nitrogen and oxygen atoms in total. The molecule has 0 heterocycles. The van der Waals surface area contributed by atoms with Gasteiger partial charge in [0.25, 0.3) is 5.92 Å². The van der Waals surface area contributed by atoms with Gasteiger partial charge in [0.05, 0.1) is 10.5 Å². The third kappa shape index (κ3) is 2.71. The Morgan fingerprint density at radius 1 is 1.47 bits per heavy atom. The first-order valence-electron chi connectivity index (χ1n) is 4.28. The van der Waals surface area contributed by atoms with Gasteiger partial charge in [0.1, 0.15) is 6.42 Å². The lowest BCUT2D eigenvalue weighted by atomic mass is 10.0. The molecule has 0 amide bonds. The highest BCUT2D eigenvalue weighted by molar-refractivity contribution is 5.68. The second-order valence-electron chi connectivity index (χ2n) is 3.17. The third-order valence-corrected chi connectivity index (χ3v) is 1.94. The lowest BCUT2D eigenvalue weighted by Gasteiger charge is -2.14. The molecule has 0 aliphatic rings. The van der Waals surface area contributed by atoms with Crippen molar-refractivity contribution in [2.45, 2.75) is 12.3 Å². The molecule has 0 atom stereocenters. The lowest BCUT2D eigenvalue weighted by Crippen LogP contribution is -2.20. The summed E-state index contributed by atoms with van der Waals surface area (Å²) in [4.78, 5) is 19.4. The molecule has 1 N–H and O–H groups in total. The summed E-state index contributed by atoms with van der Waals surface area (Å²) in [6.45, 7) is 0. The molecule has 92 valence electrons. The molecule has 0 saturated carbocycles. The number of aliphatic carboxylic acids is 1. The van der Waals surface area contributed by atoms with E-state index in [9.17, 15) is 28.1 Å².